The lowest BCUT2D eigenvalue weighted by Crippen LogP contribution is -2.25. The number of thioether (sulfide) groups is 2. The number of rotatable bonds is 14. The molecule has 0 N–H and O–H groups in total. The van der Waals surface area contributed by atoms with Gasteiger partial charge >= 0.3 is 12.4 Å². The molecule has 8 heterocycles. The Labute approximate surface area is 415 Å². The van der Waals surface area contributed by atoms with E-state index in [9.17, 15) is 26.3 Å². The number of aromatic nitrogens is 6. The molecule has 0 radical (unpaired) electrons. The molecule has 2 aromatic heterocycles. The van der Waals surface area contributed by atoms with E-state index < -0.39 is 23.5 Å². The zero-order valence-corrected chi connectivity index (χ0v) is 41.9. The van der Waals surface area contributed by atoms with Gasteiger partial charge in [-0.15, -0.1) is 20.4 Å². The van der Waals surface area contributed by atoms with Crippen molar-refractivity contribution in [3.05, 3.63) is 82.4 Å². The van der Waals surface area contributed by atoms with E-state index in [0.717, 1.165) is 148 Å². The van der Waals surface area contributed by atoms with Crippen molar-refractivity contribution < 1.29 is 35.8 Å². The minimum atomic E-state index is -4.26. The molecule has 4 unspecified atom stereocenters. The molecule has 2 saturated carbocycles. The van der Waals surface area contributed by atoms with Crippen LogP contribution in [0.15, 0.2) is 58.8 Å². The maximum Gasteiger partial charge on any atom is 0.416 e. The molecule has 10 nitrogen and oxygen atoms in total. The lowest BCUT2D eigenvalue weighted by Gasteiger charge is -2.27. The summed E-state index contributed by atoms with van der Waals surface area (Å²) in [6.07, 6.45) is 8.75. The van der Waals surface area contributed by atoms with Crippen molar-refractivity contribution in [1.29, 1.82) is 0 Å². The van der Waals surface area contributed by atoms with Gasteiger partial charge in [-0.2, -0.15) is 26.3 Å². The summed E-state index contributed by atoms with van der Waals surface area (Å²) in [5.74, 6) is 5.97. The molecule has 8 atom stereocenters. The fourth-order valence-corrected chi connectivity index (χ4v) is 15.0. The van der Waals surface area contributed by atoms with Gasteiger partial charge in [-0.3, -0.25) is 0 Å². The second kappa shape index (κ2) is 19.6. The Morgan fingerprint density at radius 1 is 0.557 bits per heavy atom. The highest BCUT2D eigenvalue weighted by Gasteiger charge is 2.58. The third-order valence-corrected chi connectivity index (χ3v) is 19.5. The van der Waals surface area contributed by atoms with E-state index >= 15 is 0 Å². The highest BCUT2D eigenvalue weighted by atomic mass is 32.2. The number of fused-ring (bicyclic) bond motifs is 4. The van der Waals surface area contributed by atoms with Gasteiger partial charge in [0.25, 0.3) is 0 Å². The average Bonchev–Trinajstić information content (AvgIpc) is 3.62. The Balaban J connectivity index is 0.000000152. The fourth-order valence-electron chi connectivity index (χ4n) is 13.4. The SMILES string of the molecule is Cn1c(SCCCN2CC[C@@]3(C[C@H]3c3ccc(C(F)(F)F)cc3)C2)nnc1C1CC2CCC(C1)O2.Cn1c(SCCCN2CC[C@]3(C[C@@H]3c3ccc(C(F)(F)F)cc3)C2)nnc1C1CC2CCC(C1)O2. The van der Waals surface area contributed by atoms with Gasteiger partial charge in [0.05, 0.1) is 35.5 Å². The lowest BCUT2D eigenvalue weighted by molar-refractivity contribution is -0.138. The van der Waals surface area contributed by atoms with E-state index in [1.807, 2.05) is 0 Å². The largest absolute Gasteiger partial charge is 0.416 e. The third kappa shape index (κ3) is 10.5. The number of ether oxygens (including phenoxy) is 2. The van der Waals surface area contributed by atoms with E-state index in [1.54, 1.807) is 47.8 Å². The zero-order valence-electron chi connectivity index (χ0n) is 40.3. The number of hydrogen-bond acceptors (Lipinski definition) is 10. The van der Waals surface area contributed by atoms with E-state index in [4.69, 9.17) is 9.47 Å². The van der Waals surface area contributed by atoms with E-state index in [1.165, 1.54) is 49.9 Å². The maximum absolute atomic E-state index is 12.9. The van der Waals surface area contributed by atoms with Crippen molar-refractivity contribution in [2.75, 3.05) is 50.8 Å². The average molecular weight is 1010 g/mol. The van der Waals surface area contributed by atoms with Crippen molar-refractivity contribution in [1.82, 2.24) is 39.3 Å². The van der Waals surface area contributed by atoms with Crippen LogP contribution >= 0.6 is 23.5 Å². The monoisotopic (exact) mass is 1010 g/mol. The van der Waals surface area contributed by atoms with Crippen molar-refractivity contribution in [2.24, 2.45) is 24.9 Å². The Hall–Kier alpha value is -3.16. The smallest absolute Gasteiger partial charge is 0.375 e. The van der Waals surface area contributed by atoms with Gasteiger partial charge < -0.3 is 28.4 Å². The van der Waals surface area contributed by atoms with Gasteiger partial charge in [0.1, 0.15) is 11.6 Å². The van der Waals surface area contributed by atoms with Crippen molar-refractivity contribution >= 4 is 23.5 Å². The molecule has 4 aromatic rings. The lowest BCUT2D eigenvalue weighted by atomic mass is 9.95. The summed E-state index contributed by atoms with van der Waals surface area (Å²) in [6.45, 7) is 6.40. The first-order valence-corrected chi connectivity index (χ1v) is 27.7. The van der Waals surface area contributed by atoms with Crippen LogP contribution in [0.3, 0.4) is 0 Å². The number of alkyl halides is 6. The molecule has 2 aromatic carbocycles. The number of nitrogens with zero attached hydrogens (tertiary/aromatic N) is 8. The summed E-state index contributed by atoms with van der Waals surface area (Å²) in [5.41, 5.74) is 1.55. The second-order valence-electron chi connectivity index (χ2n) is 22.0. The molecule has 4 bridgehead atoms. The first-order chi connectivity index (χ1) is 33.6. The molecule has 0 amide bonds. The molecule has 70 heavy (non-hydrogen) atoms. The zero-order chi connectivity index (χ0) is 48.4. The van der Waals surface area contributed by atoms with Crippen LogP contribution in [0.1, 0.15) is 147 Å². The maximum atomic E-state index is 12.9. The molecular weight excluding hydrogens is 947 g/mol. The quantitative estimate of drug-likeness (QED) is 0.0691. The van der Waals surface area contributed by atoms with Crippen LogP contribution < -0.4 is 0 Å². The third-order valence-electron chi connectivity index (χ3n) is 17.3. The molecule has 2 spiro atoms. The molecule has 12 rings (SSSR count). The standard InChI is InChI=1S/2C26H33F3N4OS/c2*1-32-23(18-13-20-7-8-21(14-18)34-20)30-31-24(32)35-12-2-10-33-11-9-25(16-33)15-22(25)17-3-5-19(6-4-17)26(27,28)29/h2*3-6,18,20-22H,2,7-16H2,1H3/t2*18?,20?,21?,22-,25+/m10/s1. The summed E-state index contributed by atoms with van der Waals surface area (Å²) in [5, 5.41) is 20.0. The van der Waals surface area contributed by atoms with Gasteiger partial charge in [0, 0.05) is 50.5 Å². The Bertz CT molecular complexity index is 2260. The van der Waals surface area contributed by atoms with Crippen LogP contribution in [0.2, 0.25) is 0 Å². The van der Waals surface area contributed by atoms with Gasteiger partial charge in [0.15, 0.2) is 10.3 Å². The van der Waals surface area contributed by atoms with Crippen LogP contribution in [-0.2, 0) is 35.9 Å². The van der Waals surface area contributed by atoms with E-state index in [0.29, 0.717) is 48.1 Å². The highest BCUT2D eigenvalue weighted by molar-refractivity contribution is 7.99. The van der Waals surface area contributed by atoms with E-state index in [2.05, 4.69) is 53.4 Å². The number of benzene rings is 2. The van der Waals surface area contributed by atoms with Gasteiger partial charge in [0.2, 0.25) is 0 Å². The van der Waals surface area contributed by atoms with Crippen LogP contribution in [-0.4, -0.2) is 115 Å². The summed E-state index contributed by atoms with van der Waals surface area (Å²) in [4.78, 5) is 5.06. The highest BCUT2D eigenvalue weighted by Crippen LogP contribution is 2.65. The molecule has 6 aliphatic heterocycles. The first kappa shape index (κ1) is 49.1. The minimum Gasteiger partial charge on any atom is -0.375 e. The second-order valence-corrected chi connectivity index (χ2v) is 24.1. The van der Waals surface area contributed by atoms with Crippen LogP contribution in [0.4, 0.5) is 26.3 Å². The molecule has 18 heteroatoms. The van der Waals surface area contributed by atoms with Crippen molar-refractivity contribution in [3.8, 4) is 0 Å². The van der Waals surface area contributed by atoms with Crippen molar-refractivity contribution in [2.45, 2.75) is 161 Å². The fraction of sp³-hybridized carbons (Fsp3) is 0.692. The van der Waals surface area contributed by atoms with Gasteiger partial charge in [-0.05, 0) is 174 Å². The predicted octanol–water partition coefficient (Wildman–Crippen LogP) is 11.2. The number of likely N-dealkylation sites (tertiary alicyclic amines) is 2. The van der Waals surface area contributed by atoms with Crippen LogP contribution in [0, 0.1) is 10.8 Å². The predicted molar refractivity (Wildman–Crippen MR) is 257 cm³/mol. The van der Waals surface area contributed by atoms with Crippen molar-refractivity contribution in [3.63, 3.8) is 0 Å². The number of hydrogen-bond donors (Lipinski definition) is 0. The Kier molecular flexibility index (Phi) is 13.7. The molecule has 6 saturated heterocycles. The minimum absolute atomic E-state index is 0.272. The van der Waals surface area contributed by atoms with E-state index in [-0.39, 0.29) is 10.8 Å². The molecule has 8 aliphatic rings. The summed E-state index contributed by atoms with van der Waals surface area (Å²) in [6, 6.07) is 11.7. The number of halogens is 6. The summed E-state index contributed by atoms with van der Waals surface area (Å²) < 4.78 is 93.5. The van der Waals surface area contributed by atoms with Gasteiger partial charge in [-0.25, -0.2) is 0 Å². The first-order valence-electron chi connectivity index (χ1n) is 25.8. The molecular formula is C52H66F6N8O2S2. The Morgan fingerprint density at radius 2 is 0.929 bits per heavy atom. The Morgan fingerprint density at radius 3 is 1.29 bits per heavy atom. The van der Waals surface area contributed by atoms with Crippen LogP contribution in [0.5, 0.6) is 0 Å². The molecule has 380 valence electrons. The van der Waals surface area contributed by atoms with Crippen LogP contribution in [0.25, 0.3) is 0 Å². The van der Waals surface area contributed by atoms with Gasteiger partial charge in [-0.1, -0.05) is 47.8 Å². The summed E-state index contributed by atoms with van der Waals surface area (Å²) in [7, 11) is 4.18. The molecule has 8 fully saturated rings. The topological polar surface area (TPSA) is 86.4 Å². The normalized spacial score (nSPS) is 32.6. The molecule has 2 aliphatic carbocycles. The summed E-state index contributed by atoms with van der Waals surface area (Å²) >= 11 is 3.58.